The lowest BCUT2D eigenvalue weighted by atomic mass is 10.2. The van der Waals surface area contributed by atoms with Crippen LogP contribution in [0.5, 0.6) is 17.4 Å². The van der Waals surface area contributed by atoms with Crippen LogP contribution in [0.4, 0.5) is 0 Å². The lowest BCUT2D eigenvalue weighted by molar-refractivity contribution is 0.317. The fraction of sp³-hybridized carbons (Fsp3) is 0.312. The maximum Gasteiger partial charge on any atom is 0.222 e. The lowest BCUT2D eigenvalue weighted by Gasteiger charge is -2.09. The van der Waals surface area contributed by atoms with Crippen molar-refractivity contribution in [3.05, 3.63) is 47.7 Å². The van der Waals surface area contributed by atoms with Crippen LogP contribution in [-0.4, -0.2) is 11.6 Å². The first-order valence-electron chi connectivity index (χ1n) is 6.79. The average molecular weight is 272 g/mol. The Hall–Kier alpha value is -2.07. The molecule has 0 saturated heterocycles. The molecule has 0 amide bonds. The van der Waals surface area contributed by atoms with E-state index >= 15 is 0 Å². The summed E-state index contributed by atoms with van der Waals surface area (Å²) in [5.74, 6) is 2.19. The highest BCUT2D eigenvalue weighted by molar-refractivity contribution is 5.36. The van der Waals surface area contributed by atoms with Gasteiger partial charge in [-0.15, -0.1) is 0 Å². The van der Waals surface area contributed by atoms with Crippen molar-refractivity contribution < 1.29 is 9.47 Å². The van der Waals surface area contributed by atoms with Crippen molar-refractivity contribution in [2.75, 3.05) is 6.61 Å². The second-order valence-electron chi connectivity index (χ2n) is 4.59. The molecule has 106 valence electrons. The molecule has 0 radical (unpaired) electrons. The summed E-state index contributed by atoms with van der Waals surface area (Å²) < 4.78 is 11.3. The topological polar surface area (TPSA) is 57.4 Å². The maximum atomic E-state index is 5.76. The molecule has 0 fully saturated rings. The molecule has 1 aromatic carbocycles. The predicted molar refractivity (Wildman–Crippen MR) is 79.2 cm³/mol. The minimum absolute atomic E-state index is 0.484. The van der Waals surface area contributed by atoms with E-state index in [9.17, 15) is 0 Å². The van der Waals surface area contributed by atoms with E-state index in [1.807, 2.05) is 37.3 Å². The number of hydrogen-bond donors (Lipinski definition) is 1. The monoisotopic (exact) mass is 272 g/mol. The van der Waals surface area contributed by atoms with E-state index in [0.29, 0.717) is 12.4 Å². The van der Waals surface area contributed by atoms with Crippen molar-refractivity contribution in [3.8, 4) is 17.4 Å². The summed E-state index contributed by atoms with van der Waals surface area (Å²) in [7, 11) is 0. The van der Waals surface area contributed by atoms with Gasteiger partial charge in [0.25, 0.3) is 0 Å². The summed E-state index contributed by atoms with van der Waals surface area (Å²) in [6.45, 7) is 5.25. The van der Waals surface area contributed by atoms with Crippen molar-refractivity contribution >= 4 is 0 Å². The van der Waals surface area contributed by atoms with Crippen LogP contribution in [0.2, 0.25) is 0 Å². The first kappa shape index (κ1) is 14.3. The summed E-state index contributed by atoms with van der Waals surface area (Å²) in [6.07, 6.45) is 2.73. The molecule has 0 aliphatic heterocycles. The van der Waals surface area contributed by atoms with Gasteiger partial charge in [-0.05, 0) is 49.2 Å². The molecular formula is C16H20N2O2. The van der Waals surface area contributed by atoms with Gasteiger partial charge in [0.1, 0.15) is 11.5 Å². The van der Waals surface area contributed by atoms with E-state index in [2.05, 4.69) is 11.9 Å². The molecule has 0 saturated carbocycles. The molecule has 1 heterocycles. The summed E-state index contributed by atoms with van der Waals surface area (Å²) in [6, 6.07) is 9.54. The Morgan fingerprint density at radius 2 is 1.85 bits per heavy atom. The number of nitrogens with two attached hydrogens (primary N) is 1. The second-order valence-corrected chi connectivity index (χ2v) is 4.59. The molecule has 4 nitrogen and oxygen atoms in total. The molecule has 0 unspecified atom stereocenters. The molecule has 2 aromatic rings. The minimum Gasteiger partial charge on any atom is -0.494 e. The predicted octanol–water partition coefficient (Wildman–Crippen LogP) is 3.43. The van der Waals surface area contributed by atoms with E-state index in [1.165, 1.54) is 0 Å². The van der Waals surface area contributed by atoms with Gasteiger partial charge in [0.15, 0.2) is 0 Å². The Balaban J connectivity index is 2.06. The van der Waals surface area contributed by atoms with Gasteiger partial charge >= 0.3 is 0 Å². The standard InChI is InChI=1S/C16H20N2O2/c1-3-8-19-14-4-6-15(7-5-14)20-16-12(2)9-13(10-17)11-18-16/h4-7,9,11H,3,8,10,17H2,1-2H3. The number of hydrogen-bond acceptors (Lipinski definition) is 4. The third kappa shape index (κ3) is 3.71. The summed E-state index contributed by atoms with van der Waals surface area (Å²) >= 11 is 0. The average Bonchev–Trinajstić information content (AvgIpc) is 2.48. The number of pyridine rings is 1. The second kappa shape index (κ2) is 6.91. The van der Waals surface area contributed by atoms with E-state index in [0.717, 1.165) is 35.7 Å². The number of ether oxygens (including phenoxy) is 2. The lowest BCUT2D eigenvalue weighted by Crippen LogP contribution is -1.99. The number of aryl methyl sites for hydroxylation is 1. The van der Waals surface area contributed by atoms with Gasteiger partial charge in [0, 0.05) is 18.3 Å². The SMILES string of the molecule is CCCOc1ccc(Oc2ncc(CN)cc2C)cc1. The molecule has 20 heavy (non-hydrogen) atoms. The molecule has 4 heteroatoms. The minimum atomic E-state index is 0.484. The van der Waals surface area contributed by atoms with Gasteiger partial charge in [0.2, 0.25) is 5.88 Å². The van der Waals surface area contributed by atoms with Gasteiger partial charge in [0.05, 0.1) is 6.61 Å². The number of nitrogens with zero attached hydrogens (tertiary/aromatic N) is 1. The fourth-order valence-electron chi connectivity index (χ4n) is 1.77. The normalized spacial score (nSPS) is 10.3. The summed E-state index contributed by atoms with van der Waals surface area (Å²) in [5, 5.41) is 0. The molecule has 0 aliphatic carbocycles. The Labute approximate surface area is 119 Å². The molecule has 0 aliphatic rings. The number of rotatable bonds is 6. The van der Waals surface area contributed by atoms with Crippen LogP contribution in [0, 0.1) is 6.92 Å². The fourth-order valence-corrected chi connectivity index (χ4v) is 1.77. The van der Waals surface area contributed by atoms with E-state index in [4.69, 9.17) is 15.2 Å². The quantitative estimate of drug-likeness (QED) is 0.875. The third-order valence-corrected chi connectivity index (χ3v) is 2.83. The molecule has 0 spiro atoms. The first-order chi connectivity index (χ1) is 9.72. The Morgan fingerprint density at radius 1 is 1.15 bits per heavy atom. The van der Waals surface area contributed by atoms with E-state index in [1.54, 1.807) is 6.20 Å². The highest BCUT2D eigenvalue weighted by atomic mass is 16.5. The Bertz CT molecular complexity index is 553. The van der Waals surface area contributed by atoms with E-state index in [-0.39, 0.29) is 0 Å². The number of benzene rings is 1. The smallest absolute Gasteiger partial charge is 0.222 e. The molecule has 1 aromatic heterocycles. The summed E-state index contributed by atoms with van der Waals surface area (Å²) in [5.41, 5.74) is 7.55. The van der Waals surface area contributed by atoms with E-state index < -0.39 is 0 Å². The largest absolute Gasteiger partial charge is 0.494 e. The zero-order valence-electron chi connectivity index (χ0n) is 11.9. The summed E-state index contributed by atoms with van der Waals surface area (Å²) in [4.78, 5) is 4.28. The van der Waals surface area contributed by atoms with Crippen LogP contribution in [0.3, 0.4) is 0 Å². The van der Waals surface area contributed by atoms with Crippen LogP contribution in [-0.2, 0) is 6.54 Å². The molecule has 2 rings (SSSR count). The van der Waals surface area contributed by atoms with Crippen LogP contribution in [0.15, 0.2) is 36.5 Å². The van der Waals surface area contributed by atoms with Crippen molar-refractivity contribution in [2.24, 2.45) is 5.73 Å². The van der Waals surface area contributed by atoms with Crippen molar-refractivity contribution in [1.82, 2.24) is 4.98 Å². The van der Waals surface area contributed by atoms with Crippen LogP contribution < -0.4 is 15.2 Å². The van der Waals surface area contributed by atoms with Gasteiger partial charge in [-0.2, -0.15) is 0 Å². The molecule has 2 N–H and O–H groups in total. The molecular weight excluding hydrogens is 252 g/mol. The van der Waals surface area contributed by atoms with Crippen molar-refractivity contribution in [3.63, 3.8) is 0 Å². The zero-order chi connectivity index (χ0) is 14.4. The van der Waals surface area contributed by atoms with Crippen LogP contribution in [0.1, 0.15) is 24.5 Å². The van der Waals surface area contributed by atoms with Gasteiger partial charge in [-0.25, -0.2) is 4.98 Å². The van der Waals surface area contributed by atoms with Gasteiger partial charge < -0.3 is 15.2 Å². The van der Waals surface area contributed by atoms with Crippen molar-refractivity contribution in [2.45, 2.75) is 26.8 Å². The van der Waals surface area contributed by atoms with Gasteiger partial charge in [-0.3, -0.25) is 0 Å². The van der Waals surface area contributed by atoms with Gasteiger partial charge in [-0.1, -0.05) is 6.92 Å². The molecule has 0 bridgehead atoms. The van der Waals surface area contributed by atoms with Crippen molar-refractivity contribution in [1.29, 1.82) is 0 Å². The number of aromatic nitrogens is 1. The Morgan fingerprint density at radius 3 is 2.45 bits per heavy atom. The highest BCUT2D eigenvalue weighted by Crippen LogP contribution is 2.25. The van der Waals surface area contributed by atoms with Crippen LogP contribution in [0.25, 0.3) is 0 Å². The zero-order valence-corrected chi connectivity index (χ0v) is 11.9. The first-order valence-corrected chi connectivity index (χ1v) is 6.79. The van der Waals surface area contributed by atoms with Crippen LogP contribution >= 0.6 is 0 Å². The Kier molecular flexibility index (Phi) is 4.96. The highest BCUT2D eigenvalue weighted by Gasteiger charge is 2.04. The molecule has 0 atom stereocenters. The third-order valence-electron chi connectivity index (χ3n) is 2.83. The maximum absolute atomic E-state index is 5.76.